The number of aliphatic hydroxyl groups is 1. The van der Waals surface area contributed by atoms with E-state index in [2.05, 4.69) is 16.0 Å². The van der Waals surface area contributed by atoms with Crippen LogP contribution in [0.4, 0.5) is 0 Å². The van der Waals surface area contributed by atoms with Gasteiger partial charge in [-0.2, -0.15) is 4.73 Å². The number of rotatable bonds is 11. The number of aliphatic hydroxyl groups excluding tert-OH is 1. The Bertz CT molecular complexity index is 1510. The minimum atomic E-state index is -1.03. The Balaban J connectivity index is 1.49. The van der Waals surface area contributed by atoms with Crippen molar-refractivity contribution in [1.82, 2.24) is 25.6 Å². The second-order valence-electron chi connectivity index (χ2n) is 12.2. The fourth-order valence-corrected chi connectivity index (χ4v) is 6.57. The van der Waals surface area contributed by atoms with Gasteiger partial charge in [0.2, 0.25) is 23.6 Å². The molecule has 1 aromatic heterocycles. The third kappa shape index (κ3) is 7.88. The van der Waals surface area contributed by atoms with E-state index in [1.165, 1.54) is 0 Å². The summed E-state index contributed by atoms with van der Waals surface area (Å²) in [4.78, 5) is 63.1. The molecular weight excluding hydrogens is 586 g/mol. The van der Waals surface area contributed by atoms with Gasteiger partial charge in [-0.3, -0.25) is 19.2 Å². The molecule has 4 amide bonds. The van der Waals surface area contributed by atoms with Crippen LogP contribution in [0, 0.1) is 0 Å². The van der Waals surface area contributed by atoms with E-state index in [0.29, 0.717) is 32.2 Å². The molecule has 0 spiro atoms. The van der Waals surface area contributed by atoms with E-state index in [1.54, 1.807) is 22.9 Å². The highest BCUT2D eigenvalue weighted by atomic mass is 16.6. The fraction of sp³-hybridized carbons (Fsp3) is 0.486. The molecule has 4 N–H and O–H groups in total. The lowest BCUT2D eigenvalue weighted by atomic mass is 9.96. The summed E-state index contributed by atoms with van der Waals surface area (Å²) in [6.45, 7) is 0.504. The molecule has 5 rings (SSSR count). The van der Waals surface area contributed by atoms with Crippen LogP contribution in [0.5, 0.6) is 0 Å². The van der Waals surface area contributed by atoms with Crippen LogP contribution in [-0.2, 0) is 32.0 Å². The highest BCUT2D eigenvalue weighted by molar-refractivity contribution is 5.98. The normalized spacial score (nSPS) is 22.7. The number of piperidine rings is 1. The van der Waals surface area contributed by atoms with E-state index in [1.807, 2.05) is 54.6 Å². The highest BCUT2D eigenvalue weighted by Gasteiger charge is 2.39. The molecule has 2 aromatic carbocycles. The number of nitrogens with one attached hydrogen (secondary N) is 3. The SMILES string of the molecule is COn1cc(C[C@@H]2NC(=O)[C@H](CCCCCCO)NC(=O)[C@H]3CCCCN3C(=O)[C@H](Cc3ccccc3)NC2=O)c2ccccc21. The molecule has 0 radical (unpaired) electrons. The average molecular weight is 632 g/mol. The first-order valence-corrected chi connectivity index (χ1v) is 16.4. The minimum Gasteiger partial charge on any atom is -0.417 e. The topological polar surface area (TPSA) is 142 Å². The molecule has 2 fully saturated rings. The fourth-order valence-electron chi connectivity index (χ4n) is 6.57. The van der Waals surface area contributed by atoms with Gasteiger partial charge in [0.05, 0.1) is 5.52 Å². The zero-order valence-electron chi connectivity index (χ0n) is 26.5. The van der Waals surface area contributed by atoms with Gasteiger partial charge < -0.3 is 30.8 Å². The first-order chi connectivity index (χ1) is 22.4. The lowest BCUT2D eigenvalue weighted by Crippen LogP contribution is -2.63. The number of unbranched alkanes of at least 4 members (excludes halogenated alkanes) is 3. The number of aromatic nitrogens is 1. The molecule has 11 nitrogen and oxygen atoms in total. The summed E-state index contributed by atoms with van der Waals surface area (Å²) in [5.74, 6) is -1.58. The van der Waals surface area contributed by atoms with Crippen LogP contribution < -0.4 is 20.8 Å². The molecule has 246 valence electrons. The standard InChI is InChI=1S/C35H45N5O6/c1-46-40-23-25(26-15-8-9-17-30(26)40)22-28-33(43)38-29(21-24-13-5-4-6-14-24)35(45)39-19-11-10-18-31(39)34(44)36-27(32(42)37-28)16-7-2-3-12-20-41/h4-6,8-9,13-15,17,23,27-29,31,41H,2-3,7,10-12,16,18-22H2,1H3,(H,36,44)(H,37,42)(H,38,43)/t27-,28-,29-,31+/m0/s1. The van der Waals surface area contributed by atoms with Gasteiger partial charge in [-0.25, -0.2) is 0 Å². The molecular formula is C35H45N5O6. The molecule has 0 bridgehead atoms. The van der Waals surface area contributed by atoms with Gasteiger partial charge in [-0.05, 0) is 49.3 Å². The molecule has 2 aliphatic heterocycles. The number of hydrogen-bond acceptors (Lipinski definition) is 6. The van der Waals surface area contributed by atoms with E-state index in [-0.39, 0.29) is 31.3 Å². The van der Waals surface area contributed by atoms with Crippen molar-refractivity contribution in [1.29, 1.82) is 0 Å². The number of carbonyl (C=O) groups is 4. The van der Waals surface area contributed by atoms with Gasteiger partial charge in [0.15, 0.2) is 0 Å². The Morgan fingerprint density at radius 1 is 0.783 bits per heavy atom. The maximum absolute atomic E-state index is 14.2. The quantitative estimate of drug-likeness (QED) is 0.239. The molecule has 11 heteroatoms. The van der Waals surface area contributed by atoms with Gasteiger partial charge in [0, 0.05) is 37.6 Å². The van der Waals surface area contributed by atoms with Crippen molar-refractivity contribution >= 4 is 34.5 Å². The molecule has 4 atom stereocenters. The molecule has 0 unspecified atom stereocenters. The predicted molar refractivity (Wildman–Crippen MR) is 174 cm³/mol. The summed E-state index contributed by atoms with van der Waals surface area (Å²) >= 11 is 0. The van der Waals surface area contributed by atoms with E-state index in [4.69, 9.17) is 9.94 Å². The van der Waals surface area contributed by atoms with Crippen LogP contribution in [0.2, 0.25) is 0 Å². The second-order valence-corrected chi connectivity index (χ2v) is 12.2. The third-order valence-corrected chi connectivity index (χ3v) is 9.03. The zero-order chi connectivity index (χ0) is 32.5. The Labute approximate surface area is 269 Å². The summed E-state index contributed by atoms with van der Waals surface area (Å²) in [6, 6.07) is 13.5. The Hall–Kier alpha value is -4.38. The van der Waals surface area contributed by atoms with Crippen molar-refractivity contribution in [3.05, 3.63) is 71.9 Å². The van der Waals surface area contributed by atoms with Crippen LogP contribution in [-0.4, -0.2) is 82.8 Å². The number of carbonyl (C=O) groups excluding carboxylic acids is 4. The molecule has 0 aliphatic carbocycles. The number of amides is 4. The van der Waals surface area contributed by atoms with Crippen LogP contribution >= 0.6 is 0 Å². The number of benzene rings is 2. The Kier molecular flexibility index (Phi) is 11.3. The largest absolute Gasteiger partial charge is 0.417 e. The first-order valence-electron chi connectivity index (χ1n) is 16.4. The van der Waals surface area contributed by atoms with Crippen molar-refractivity contribution in [3.8, 4) is 0 Å². The molecule has 0 saturated carbocycles. The molecule has 3 aromatic rings. The van der Waals surface area contributed by atoms with Gasteiger partial charge >= 0.3 is 0 Å². The highest BCUT2D eigenvalue weighted by Crippen LogP contribution is 2.24. The zero-order valence-corrected chi connectivity index (χ0v) is 26.5. The maximum atomic E-state index is 14.2. The average Bonchev–Trinajstić information content (AvgIpc) is 3.44. The number of hydrogen-bond donors (Lipinski definition) is 4. The summed E-state index contributed by atoms with van der Waals surface area (Å²) in [6.07, 6.45) is 7.50. The summed E-state index contributed by atoms with van der Waals surface area (Å²) in [5, 5.41) is 18.9. The van der Waals surface area contributed by atoms with Crippen LogP contribution in [0.3, 0.4) is 0 Å². The molecule has 46 heavy (non-hydrogen) atoms. The first kappa shape index (κ1) is 33.0. The lowest BCUT2D eigenvalue weighted by Gasteiger charge is -2.38. The smallest absolute Gasteiger partial charge is 0.246 e. The van der Waals surface area contributed by atoms with Crippen molar-refractivity contribution in [3.63, 3.8) is 0 Å². The Morgan fingerprint density at radius 2 is 1.48 bits per heavy atom. The van der Waals surface area contributed by atoms with Crippen LogP contribution in [0.15, 0.2) is 60.8 Å². The summed E-state index contributed by atoms with van der Waals surface area (Å²) in [5.41, 5.74) is 2.48. The summed E-state index contributed by atoms with van der Waals surface area (Å²) < 4.78 is 1.62. The van der Waals surface area contributed by atoms with Gasteiger partial charge in [0.1, 0.15) is 31.3 Å². The minimum absolute atomic E-state index is 0.105. The number of nitrogens with zero attached hydrogens (tertiary/aromatic N) is 2. The maximum Gasteiger partial charge on any atom is 0.246 e. The van der Waals surface area contributed by atoms with Crippen molar-refractivity contribution in [2.45, 2.75) is 88.4 Å². The lowest BCUT2D eigenvalue weighted by molar-refractivity contribution is -0.146. The van der Waals surface area contributed by atoms with Crippen molar-refractivity contribution < 1.29 is 29.1 Å². The van der Waals surface area contributed by atoms with Crippen molar-refractivity contribution in [2.24, 2.45) is 0 Å². The van der Waals surface area contributed by atoms with Crippen molar-refractivity contribution in [2.75, 3.05) is 20.3 Å². The van der Waals surface area contributed by atoms with E-state index in [9.17, 15) is 19.2 Å². The molecule has 2 saturated heterocycles. The number of para-hydroxylation sites is 1. The third-order valence-electron chi connectivity index (χ3n) is 9.03. The van der Waals surface area contributed by atoms with E-state index in [0.717, 1.165) is 47.7 Å². The predicted octanol–water partition coefficient (Wildman–Crippen LogP) is 2.28. The van der Waals surface area contributed by atoms with Crippen LogP contribution in [0.1, 0.15) is 62.5 Å². The molecule has 2 aliphatic rings. The van der Waals surface area contributed by atoms with E-state index < -0.39 is 36.0 Å². The Morgan fingerprint density at radius 3 is 2.26 bits per heavy atom. The molecule has 3 heterocycles. The second kappa shape index (κ2) is 15.8. The summed E-state index contributed by atoms with van der Waals surface area (Å²) in [7, 11) is 1.56. The van der Waals surface area contributed by atoms with Gasteiger partial charge in [0.25, 0.3) is 0 Å². The van der Waals surface area contributed by atoms with Gasteiger partial charge in [-0.1, -0.05) is 67.8 Å². The van der Waals surface area contributed by atoms with Gasteiger partial charge in [-0.15, -0.1) is 0 Å². The van der Waals surface area contributed by atoms with Crippen LogP contribution in [0.25, 0.3) is 10.9 Å². The number of fused-ring (bicyclic) bond motifs is 2. The van der Waals surface area contributed by atoms with E-state index >= 15 is 0 Å². The monoisotopic (exact) mass is 631 g/mol.